The molecule has 34 heavy (non-hydrogen) atoms. The molecule has 10 heteroatoms. The number of allylic oxidation sites excluding steroid dienone is 2. The Kier molecular flexibility index (Phi) is 7.64. The van der Waals surface area contributed by atoms with Crippen LogP contribution in [-0.4, -0.2) is 57.6 Å². The quantitative estimate of drug-likeness (QED) is 0.124. The van der Waals surface area contributed by atoms with Crippen molar-refractivity contribution in [1.82, 2.24) is 30.3 Å². The Morgan fingerprint density at radius 1 is 1.12 bits per heavy atom. The number of imide groups is 1. The standard InChI is InChI=1S/C24H29N7O2.HI/c1-25-24(28-12-16-4-2-5-17(10-16)13-30-15-26-14-29-30)27-8-3-9-31-22(32)20-18-6-7-19(11-18)21(20)23(31)33;/h2,4-7,10,14-15,18-21H,3,8-9,11-13H2,1H3,(H2,25,27,28);1H. The van der Waals surface area contributed by atoms with Gasteiger partial charge in [0, 0.05) is 26.7 Å². The van der Waals surface area contributed by atoms with Gasteiger partial charge in [0.25, 0.3) is 0 Å². The predicted molar refractivity (Wildman–Crippen MR) is 138 cm³/mol. The second kappa shape index (κ2) is 10.7. The number of carbonyl (C=O) groups is 2. The number of likely N-dealkylation sites (tertiary alicyclic amines) is 1. The third-order valence-electron chi connectivity index (χ3n) is 6.90. The molecule has 4 unspecified atom stereocenters. The molecule has 0 spiro atoms. The summed E-state index contributed by atoms with van der Waals surface area (Å²) in [6.07, 6.45) is 9.14. The van der Waals surface area contributed by atoms with Gasteiger partial charge in [-0.2, -0.15) is 5.10 Å². The summed E-state index contributed by atoms with van der Waals surface area (Å²) in [5.41, 5.74) is 2.29. The minimum atomic E-state index is -0.116. The van der Waals surface area contributed by atoms with Crippen molar-refractivity contribution in [2.24, 2.45) is 28.7 Å². The van der Waals surface area contributed by atoms with Crippen molar-refractivity contribution in [3.05, 3.63) is 60.2 Å². The largest absolute Gasteiger partial charge is 0.356 e. The summed E-state index contributed by atoms with van der Waals surface area (Å²) in [6.45, 7) is 2.39. The van der Waals surface area contributed by atoms with E-state index in [2.05, 4.69) is 56.1 Å². The SMILES string of the molecule is CN=C(NCCCN1C(=O)C2C3C=CC(C3)C2C1=O)NCc1cccc(Cn2cncn2)c1.I. The molecule has 1 saturated carbocycles. The van der Waals surface area contributed by atoms with Crippen molar-refractivity contribution in [1.29, 1.82) is 0 Å². The van der Waals surface area contributed by atoms with Crippen LogP contribution in [0, 0.1) is 23.7 Å². The number of nitrogens with zero attached hydrogens (tertiary/aromatic N) is 5. The number of guanidine groups is 1. The number of hydrogen-bond donors (Lipinski definition) is 2. The lowest BCUT2D eigenvalue weighted by molar-refractivity contribution is -0.140. The van der Waals surface area contributed by atoms with Crippen LogP contribution >= 0.6 is 24.0 Å². The number of amides is 2. The van der Waals surface area contributed by atoms with Crippen molar-refractivity contribution in [2.45, 2.75) is 25.9 Å². The lowest BCUT2D eigenvalue weighted by Crippen LogP contribution is -2.39. The van der Waals surface area contributed by atoms with Crippen molar-refractivity contribution in [2.75, 3.05) is 20.1 Å². The molecule has 2 amide bonds. The van der Waals surface area contributed by atoms with E-state index in [1.54, 1.807) is 18.1 Å². The highest BCUT2D eigenvalue weighted by molar-refractivity contribution is 14.0. The lowest BCUT2D eigenvalue weighted by Gasteiger charge is -2.18. The fourth-order valence-corrected chi connectivity index (χ4v) is 5.37. The third kappa shape index (κ3) is 4.86. The maximum absolute atomic E-state index is 12.8. The van der Waals surface area contributed by atoms with Gasteiger partial charge < -0.3 is 10.6 Å². The predicted octanol–water partition coefficient (Wildman–Crippen LogP) is 1.81. The molecule has 180 valence electrons. The zero-order valence-corrected chi connectivity index (χ0v) is 21.5. The third-order valence-corrected chi connectivity index (χ3v) is 6.90. The molecule has 1 aromatic heterocycles. The van der Waals surface area contributed by atoms with Crippen LogP contribution < -0.4 is 10.6 Å². The van der Waals surface area contributed by atoms with E-state index in [1.807, 2.05) is 6.07 Å². The Bertz CT molecular complexity index is 1050. The van der Waals surface area contributed by atoms with Crippen molar-refractivity contribution >= 4 is 41.8 Å². The van der Waals surface area contributed by atoms with E-state index >= 15 is 0 Å². The smallest absolute Gasteiger partial charge is 0.233 e. The zero-order valence-electron chi connectivity index (χ0n) is 19.1. The summed E-state index contributed by atoms with van der Waals surface area (Å²) < 4.78 is 1.79. The average Bonchev–Trinajstić information content (AvgIpc) is 3.61. The normalized spacial score (nSPS) is 25.0. The molecule has 0 radical (unpaired) electrons. The van der Waals surface area contributed by atoms with Gasteiger partial charge in [0.2, 0.25) is 11.8 Å². The van der Waals surface area contributed by atoms with E-state index in [9.17, 15) is 9.59 Å². The number of aromatic nitrogens is 3. The Labute approximate surface area is 216 Å². The second-order valence-electron chi connectivity index (χ2n) is 8.95. The molecule has 2 aromatic rings. The van der Waals surface area contributed by atoms with E-state index in [-0.39, 0.29) is 59.5 Å². The van der Waals surface area contributed by atoms with Gasteiger partial charge in [0.05, 0.1) is 18.4 Å². The fraction of sp³-hybridized carbons (Fsp3) is 0.458. The van der Waals surface area contributed by atoms with Crippen molar-refractivity contribution in [3.8, 4) is 0 Å². The van der Waals surface area contributed by atoms with Crippen LogP contribution in [-0.2, 0) is 22.7 Å². The minimum Gasteiger partial charge on any atom is -0.356 e. The number of rotatable bonds is 8. The van der Waals surface area contributed by atoms with Crippen LogP contribution in [0.3, 0.4) is 0 Å². The van der Waals surface area contributed by atoms with E-state index in [1.165, 1.54) is 11.2 Å². The Hall–Kier alpha value is -2.76. The van der Waals surface area contributed by atoms with Gasteiger partial charge in [-0.3, -0.25) is 19.5 Å². The maximum Gasteiger partial charge on any atom is 0.233 e. The monoisotopic (exact) mass is 575 g/mol. The van der Waals surface area contributed by atoms with Crippen LogP contribution in [0.25, 0.3) is 0 Å². The van der Waals surface area contributed by atoms with Crippen molar-refractivity contribution in [3.63, 3.8) is 0 Å². The Morgan fingerprint density at radius 2 is 1.85 bits per heavy atom. The van der Waals surface area contributed by atoms with Gasteiger partial charge in [0.1, 0.15) is 12.7 Å². The number of hydrogen-bond acceptors (Lipinski definition) is 5. The Morgan fingerprint density at radius 3 is 2.53 bits per heavy atom. The highest BCUT2D eigenvalue weighted by Crippen LogP contribution is 2.52. The number of fused-ring (bicyclic) bond motifs is 5. The average molecular weight is 575 g/mol. The van der Waals surface area contributed by atoms with E-state index in [4.69, 9.17) is 0 Å². The summed E-state index contributed by atoms with van der Waals surface area (Å²) >= 11 is 0. The van der Waals surface area contributed by atoms with Crippen molar-refractivity contribution < 1.29 is 9.59 Å². The highest BCUT2D eigenvalue weighted by atomic mass is 127. The second-order valence-corrected chi connectivity index (χ2v) is 8.95. The summed E-state index contributed by atoms with van der Waals surface area (Å²) in [4.78, 5) is 35.3. The van der Waals surface area contributed by atoms with Crippen LogP contribution in [0.1, 0.15) is 24.0 Å². The molecule has 5 rings (SSSR count). The van der Waals surface area contributed by atoms with Gasteiger partial charge in [0.15, 0.2) is 5.96 Å². The Balaban J connectivity index is 0.00000274. The molecule has 2 bridgehead atoms. The van der Waals surface area contributed by atoms with Gasteiger partial charge >= 0.3 is 0 Å². The molecule has 1 aromatic carbocycles. The first-order valence-electron chi connectivity index (χ1n) is 11.5. The summed E-state index contributed by atoms with van der Waals surface area (Å²) in [7, 11) is 1.73. The fourth-order valence-electron chi connectivity index (χ4n) is 5.37. The number of halogens is 1. The van der Waals surface area contributed by atoms with E-state index in [0.717, 1.165) is 17.5 Å². The molecular weight excluding hydrogens is 545 g/mol. The highest BCUT2D eigenvalue weighted by Gasteiger charge is 2.58. The molecule has 1 aliphatic heterocycles. The molecule has 2 heterocycles. The summed E-state index contributed by atoms with van der Waals surface area (Å²) in [6, 6.07) is 8.29. The maximum atomic E-state index is 12.8. The van der Waals surface area contributed by atoms with Crippen LogP contribution in [0.15, 0.2) is 54.1 Å². The summed E-state index contributed by atoms with van der Waals surface area (Å²) in [5, 5.41) is 10.7. The molecule has 9 nitrogen and oxygen atoms in total. The minimum absolute atomic E-state index is 0. The van der Waals surface area contributed by atoms with Crippen LogP contribution in [0.4, 0.5) is 0 Å². The number of benzene rings is 1. The van der Waals surface area contributed by atoms with E-state index in [0.29, 0.717) is 38.6 Å². The topological polar surface area (TPSA) is 105 Å². The first kappa shape index (κ1) is 24.4. The van der Waals surface area contributed by atoms with Gasteiger partial charge in [-0.15, -0.1) is 24.0 Å². The number of carbonyl (C=O) groups excluding carboxylic acids is 2. The first-order chi connectivity index (χ1) is 16.1. The first-order valence-corrected chi connectivity index (χ1v) is 11.5. The van der Waals surface area contributed by atoms with Crippen LogP contribution in [0.5, 0.6) is 0 Å². The molecule has 4 atom stereocenters. The van der Waals surface area contributed by atoms with Gasteiger partial charge in [-0.1, -0.05) is 36.4 Å². The van der Waals surface area contributed by atoms with E-state index < -0.39 is 0 Å². The number of nitrogens with one attached hydrogen (secondary N) is 2. The van der Waals surface area contributed by atoms with Gasteiger partial charge in [-0.25, -0.2) is 9.67 Å². The lowest BCUT2D eigenvalue weighted by atomic mass is 9.85. The zero-order chi connectivity index (χ0) is 22.8. The number of aliphatic imine (C=N–C) groups is 1. The molecule has 2 fully saturated rings. The molecule has 2 N–H and O–H groups in total. The summed E-state index contributed by atoms with van der Waals surface area (Å²) in [5.74, 6) is 1.03. The molecule has 1 saturated heterocycles. The van der Waals surface area contributed by atoms with Gasteiger partial charge in [-0.05, 0) is 35.8 Å². The van der Waals surface area contributed by atoms with Crippen LogP contribution in [0.2, 0.25) is 0 Å². The molecular formula is C24H30IN7O2. The molecule has 2 aliphatic carbocycles. The molecule has 3 aliphatic rings.